The summed E-state index contributed by atoms with van der Waals surface area (Å²) in [7, 11) is 1.51. The van der Waals surface area contributed by atoms with E-state index in [-0.39, 0.29) is 29.3 Å². The Labute approximate surface area is 225 Å². The van der Waals surface area contributed by atoms with Gasteiger partial charge in [-0.3, -0.25) is 14.6 Å². The summed E-state index contributed by atoms with van der Waals surface area (Å²) in [6.45, 7) is 1.02. The maximum absolute atomic E-state index is 15.0. The summed E-state index contributed by atoms with van der Waals surface area (Å²) in [6, 6.07) is 8.89. The molecule has 0 saturated heterocycles. The summed E-state index contributed by atoms with van der Waals surface area (Å²) in [5, 5.41) is 6.16. The van der Waals surface area contributed by atoms with Crippen LogP contribution in [0.1, 0.15) is 16.1 Å². The van der Waals surface area contributed by atoms with Crippen molar-refractivity contribution in [2.24, 2.45) is 0 Å². The number of ether oxygens (including phenoxy) is 2. The van der Waals surface area contributed by atoms with Gasteiger partial charge in [-0.2, -0.15) is 11.3 Å². The molecule has 39 heavy (non-hydrogen) atoms. The van der Waals surface area contributed by atoms with E-state index >= 15 is 4.39 Å². The van der Waals surface area contributed by atoms with E-state index in [1.165, 1.54) is 53.7 Å². The van der Waals surface area contributed by atoms with Gasteiger partial charge in [-0.1, -0.05) is 0 Å². The van der Waals surface area contributed by atoms with E-state index in [0.717, 1.165) is 6.07 Å². The van der Waals surface area contributed by atoms with Crippen molar-refractivity contribution in [2.75, 3.05) is 19.1 Å². The second-order valence-corrected chi connectivity index (χ2v) is 9.26. The predicted molar refractivity (Wildman–Crippen MR) is 145 cm³/mol. The Bertz CT molecular complexity index is 1740. The van der Waals surface area contributed by atoms with Crippen molar-refractivity contribution in [2.45, 2.75) is 13.5 Å². The Hall–Kier alpha value is -4.64. The lowest BCUT2D eigenvalue weighted by molar-refractivity contribution is 0.102. The molecule has 0 aliphatic heterocycles. The average molecular weight is 549 g/mol. The van der Waals surface area contributed by atoms with E-state index in [1.54, 1.807) is 30.5 Å². The Morgan fingerprint density at radius 1 is 1.15 bits per heavy atom. The predicted octanol–water partition coefficient (Wildman–Crippen LogP) is 5.99. The number of pyridine rings is 3. The first-order valence-corrected chi connectivity index (χ1v) is 12.7. The molecule has 5 rings (SSSR count). The fourth-order valence-corrected chi connectivity index (χ4v) is 4.79. The molecular weight excluding hydrogens is 526 g/mol. The summed E-state index contributed by atoms with van der Waals surface area (Å²) in [6.07, 6.45) is 4.34. The first kappa shape index (κ1) is 26.0. The molecule has 198 valence electrons. The summed E-state index contributed by atoms with van der Waals surface area (Å²) in [5.41, 5.74) is 1.89. The molecule has 0 aliphatic rings. The quantitative estimate of drug-likeness (QED) is 0.256. The number of nitrogens with one attached hydrogen (secondary N) is 1. The highest BCUT2D eigenvalue weighted by molar-refractivity contribution is 7.08. The van der Waals surface area contributed by atoms with E-state index in [2.05, 4.69) is 15.3 Å². The van der Waals surface area contributed by atoms with E-state index in [0.29, 0.717) is 33.6 Å². The third-order valence-electron chi connectivity index (χ3n) is 6.09. The molecule has 0 fully saturated rings. The number of carbonyl (C=O) groups is 1. The van der Waals surface area contributed by atoms with E-state index < -0.39 is 23.8 Å². The van der Waals surface area contributed by atoms with Gasteiger partial charge in [0.1, 0.15) is 23.5 Å². The van der Waals surface area contributed by atoms with Crippen molar-refractivity contribution in [3.63, 3.8) is 0 Å². The molecular formula is C28H22F2N4O4S. The van der Waals surface area contributed by atoms with Gasteiger partial charge >= 0.3 is 0 Å². The van der Waals surface area contributed by atoms with Crippen molar-refractivity contribution in [1.29, 1.82) is 0 Å². The fourth-order valence-electron chi connectivity index (χ4n) is 4.14. The van der Waals surface area contributed by atoms with Gasteiger partial charge in [-0.25, -0.2) is 13.8 Å². The number of benzene rings is 1. The molecule has 4 heterocycles. The van der Waals surface area contributed by atoms with Crippen molar-refractivity contribution in [3.05, 3.63) is 93.0 Å². The number of amides is 1. The zero-order valence-electron chi connectivity index (χ0n) is 20.9. The number of methoxy groups -OCH3 is 1. The topological polar surface area (TPSA) is 95.3 Å². The lowest BCUT2D eigenvalue weighted by Crippen LogP contribution is -2.26. The second kappa shape index (κ2) is 11.0. The van der Waals surface area contributed by atoms with Gasteiger partial charge in [0, 0.05) is 42.0 Å². The van der Waals surface area contributed by atoms with Crippen LogP contribution in [0.4, 0.5) is 14.5 Å². The van der Waals surface area contributed by atoms with Gasteiger partial charge in [0.05, 0.1) is 30.9 Å². The Morgan fingerprint density at radius 3 is 2.72 bits per heavy atom. The van der Waals surface area contributed by atoms with Gasteiger partial charge in [-0.15, -0.1) is 0 Å². The van der Waals surface area contributed by atoms with Crippen LogP contribution in [0.3, 0.4) is 0 Å². The van der Waals surface area contributed by atoms with Gasteiger partial charge in [0.15, 0.2) is 17.3 Å². The largest absolute Gasteiger partial charge is 0.495 e. The number of alkyl halides is 1. The third kappa shape index (κ3) is 5.21. The maximum atomic E-state index is 15.0. The van der Waals surface area contributed by atoms with Crippen LogP contribution in [-0.2, 0) is 6.54 Å². The Morgan fingerprint density at radius 2 is 2.00 bits per heavy atom. The lowest BCUT2D eigenvalue weighted by Gasteiger charge is -2.15. The van der Waals surface area contributed by atoms with Crippen LogP contribution < -0.4 is 20.2 Å². The zero-order valence-corrected chi connectivity index (χ0v) is 21.7. The molecule has 1 N–H and O–H groups in total. The first-order valence-electron chi connectivity index (χ1n) is 11.8. The highest BCUT2D eigenvalue weighted by atomic mass is 32.1. The average Bonchev–Trinajstić information content (AvgIpc) is 3.46. The number of thiophene rings is 1. The highest BCUT2D eigenvalue weighted by Crippen LogP contribution is 2.31. The summed E-state index contributed by atoms with van der Waals surface area (Å²) in [5.74, 6) is -0.781. The molecule has 0 saturated carbocycles. The van der Waals surface area contributed by atoms with Crippen LogP contribution in [0.15, 0.2) is 70.5 Å². The van der Waals surface area contributed by atoms with Crippen LogP contribution in [0.5, 0.6) is 17.2 Å². The summed E-state index contributed by atoms with van der Waals surface area (Å²) < 4.78 is 40.7. The number of aromatic nitrogens is 3. The molecule has 0 bridgehead atoms. The van der Waals surface area contributed by atoms with E-state index in [4.69, 9.17) is 9.47 Å². The van der Waals surface area contributed by atoms with E-state index in [9.17, 15) is 14.0 Å². The molecule has 0 aliphatic carbocycles. The molecule has 11 heteroatoms. The number of halogens is 2. The summed E-state index contributed by atoms with van der Waals surface area (Å²) in [4.78, 5) is 34.9. The second-order valence-electron chi connectivity index (χ2n) is 8.48. The SMILES string of the molecule is COc1cnc2c(Oc3ccc(NC(=O)c4cn(CCF)c(C)c(-c5ccsc5)c4=O)cc3F)ccnc2c1. The normalized spacial score (nSPS) is 11.0. The highest BCUT2D eigenvalue weighted by Gasteiger charge is 2.20. The van der Waals surface area contributed by atoms with Gasteiger partial charge in [-0.05, 0) is 41.4 Å². The molecule has 8 nitrogen and oxygen atoms in total. The Balaban J connectivity index is 1.42. The molecule has 0 atom stereocenters. The van der Waals surface area contributed by atoms with Crippen LogP contribution in [-0.4, -0.2) is 34.2 Å². The smallest absolute Gasteiger partial charge is 0.261 e. The zero-order chi connectivity index (χ0) is 27.5. The Kier molecular flexibility index (Phi) is 7.33. The van der Waals surface area contributed by atoms with Crippen molar-refractivity contribution >= 4 is 34.0 Å². The maximum Gasteiger partial charge on any atom is 0.261 e. The van der Waals surface area contributed by atoms with Gasteiger partial charge in [0.2, 0.25) is 5.43 Å². The minimum Gasteiger partial charge on any atom is -0.495 e. The number of anilines is 1. The number of hydrogen-bond acceptors (Lipinski definition) is 7. The number of aryl methyl sites for hydroxylation is 1. The first-order chi connectivity index (χ1) is 18.9. The standard InChI is InChI=1S/C28H22F2N4O4S/c1-16-25(17-6-10-39-15-17)27(35)20(14-34(16)9-7-29)28(36)33-18-3-4-23(21(30)11-18)38-24-5-8-31-22-12-19(37-2)13-32-26(22)24/h3-6,8,10-15H,7,9H2,1-2H3,(H,33,36). The van der Waals surface area contributed by atoms with Gasteiger partial charge in [0.25, 0.3) is 5.91 Å². The molecule has 1 amide bonds. The van der Waals surface area contributed by atoms with Crippen LogP contribution in [0.25, 0.3) is 22.2 Å². The van der Waals surface area contributed by atoms with E-state index in [1.807, 2.05) is 5.38 Å². The van der Waals surface area contributed by atoms with Crippen molar-refractivity contribution in [1.82, 2.24) is 14.5 Å². The minimum atomic E-state index is -0.746. The number of rotatable bonds is 8. The third-order valence-corrected chi connectivity index (χ3v) is 6.77. The summed E-state index contributed by atoms with van der Waals surface area (Å²) >= 11 is 1.40. The number of fused-ring (bicyclic) bond motifs is 1. The fraction of sp³-hybridized carbons (Fsp3) is 0.143. The minimum absolute atomic E-state index is 0.0183. The number of carbonyl (C=O) groups excluding carboxylic acids is 1. The van der Waals surface area contributed by atoms with Crippen molar-refractivity contribution in [3.8, 4) is 28.4 Å². The molecule has 0 radical (unpaired) electrons. The van der Waals surface area contributed by atoms with Gasteiger partial charge < -0.3 is 19.4 Å². The van der Waals surface area contributed by atoms with Crippen LogP contribution in [0, 0.1) is 12.7 Å². The van der Waals surface area contributed by atoms with Crippen LogP contribution in [0.2, 0.25) is 0 Å². The number of nitrogens with zero attached hydrogens (tertiary/aromatic N) is 3. The monoisotopic (exact) mass is 548 g/mol. The van der Waals surface area contributed by atoms with Crippen LogP contribution >= 0.6 is 11.3 Å². The lowest BCUT2D eigenvalue weighted by atomic mass is 10.0. The molecule has 4 aromatic heterocycles. The molecule has 1 aromatic carbocycles. The molecule has 0 spiro atoms. The number of hydrogen-bond donors (Lipinski definition) is 1. The molecule has 5 aromatic rings. The van der Waals surface area contributed by atoms with Crippen molar-refractivity contribution < 1.29 is 23.0 Å². The molecule has 0 unspecified atom stereocenters.